The van der Waals surface area contributed by atoms with Gasteiger partial charge in [-0.15, -0.1) is 11.8 Å². The summed E-state index contributed by atoms with van der Waals surface area (Å²) >= 11 is 1.57. The fourth-order valence-electron chi connectivity index (χ4n) is 2.44. The largest absolute Gasteiger partial charge is 0.491 e. The van der Waals surface area contributed by atoms with Crippen LogP contribution in [0.1, 0.15) is 37.8 Å². The molecule has 134 valence electrons. The van der Waals surface area contributed by atoms with Gasteiger partial charge in [0.05, 0.1) is 11.8 Å². The monoisotopic (exact) mass is 357 g/mol. The van der Waals surface area contributed by atoms with Gasteiger partial charge in [-0.05, 0) is 43.5 Å². The van der Waals surface area contributed by atoms with Gasteiger partial charge in [-0.2, -0.15) is 0 Å². The summed E-state index contributed by atoms with van der Waals surface area (Å²) in [5.74, 6) is 1.34. The van der Waals surface area contributed by atoms with Crippen molar-refractivity contribution in [2.75, 3.05) is 13.2 Å². The summed E-state index contributed by atoms with van der Waals surface area (Å²) < 4.78 is 5.84. The molecule has 1 amide bonds. The fraction of sp³-hybridized carbons (Fsp3) is 0.381. The zero-order valence-electron chi connectivity index (χ0n) is 15.4. The number of thioether (sulfide) groups is 1. The van der Waals surface area contributed by atoms with E-state index in [-0.39, 0.29) is 11.2 Å². The number of para-hydroxylation sites is 1. The number of hydrogen-bond acceptors (Lipinski definition) is 3. The van der Waals surface area contributed by atoms with Gasteiger partial charge in [-0.3, -0.25) is 4.79 Å². The highest BCUT2D eigenvalue weighted by molar-refractivity contribution is 8.00. The van der Waals surface area contributed by atoms with Gasteiger partial charge >= 0.3 is 0 Å². The third-order valence-corrected chi connectivity index (χ3v) is 5.01. The lowest BCUT2D eigenvalue weighted by molar-refractivity contribution is -0.120. The predicted molar refractivity (Wildman–Crippen MR) is 106 cm³/mol. The van der Waals surface area contributed by atoms with Crippen molar-refractivity contribution in [2.24, 2.45) is 0 Å². The van der Waals surface area contributed by atoms with Crippen LogP contribution in [0.25, 0.3) is 0 Å². The summed E-state index contributed by atoms with van der Waals surface area (Å²) in [5, 5.41) is 2.81. The molecule has 0 aliphatic heterocycles. The van der Waals surface area contributed by atoms with Gasteiger partial charge in [0, 0.05) is 4.90 Å². The Morgan fingerprint density at radius 1 is 1.08 bits per heavy atom. The van der Waals surface area contributed by atoms with Crippen LogP contribution in [0.4, 0.5) is 0 Å². The normalized spacial score (nSPS) is 12.0. The molecule has 3 nitrogen and oxygen atoms in total. The molecule has 0 saturated carbocycles. The minimum Gasteiger partial charge on any atom is -0.491 e. The van der Waals surface area contributed by atoms with E-state index in [1.807, 2.05) is 25.1 Å². The van der Waals surface area contributed by atoms with E-state index in [1.54, 1.807) is 11.8 Å². The SMILES string of the molecule is Cc1ccc(SC(C)C(=O)NCCOc2ccccc2C(C)C)cc1. The van der Waals surface area contributed by atoms with Crippen molar-refractivity contribution in [1.29, 1.82) is 0 Å². The average molecular weight is 358 g/mol. The summed E-state index contributed by atoms with van der Waals surface area (Å²) in [6.45, 7) is 9.25. The van der Waals surface area contributed by atoms with Crippen LogP contribution in [0.5, 0.6) is 5.75 Å². The van der Waals surface area contributed by atoms with Gasteiger partial charge in [0.15, 0.2) is 0 Å². The van der Waals surface area contributed by atoms with Crippen molar-refractivity contribution < 1.29 is 9.53 Å². The first-order valence-corrected chi connectivity index (χ1v) is 9.58. The molecule has 1 unspecified atom stereocenters. The number of carbonyl (C=O) groups is 1. The van der Waals surface area contributed by atoms with Crippen molar-refractivity contribution >= 4 is 17.7 Å². The number of ether oxygens (including phenoxy) is 1. The lowest BCUT2D eigenvalue weighted by atomic mass is 10.0. The van der Waals surface area contributed by atoms with Gasteiger partial charge in [-0.25, -0.2) is 0 Å². The molecule has 0 aliphatic rings. The van der Waals surface area contributed by atoms with E-state index in [0.29, 0.717) is 19.1 Å². The minimum atomic E-state index is -0.134. The molecule has 25 heavy (non-hydrogen) atoms. The maximum Gasteiger partial charge on any atom is 0.233 e. The maximum absolute atomic E-state index is 12.2. The Morgan fingerprint density at radius 3 is 2.44 bits per heavy atom. The number of carbonyl (C=O) groups excluding carboxylic acids is 1. The average Bonchev–Trinajstić information content (AvgIpc) is 2.60. The van der Waals surface area contributed by atoms with E-state index in [2.05, 4.69) is 56.4 Å². The number of amides is 1. The Balaban J connectivity index is 1.76. The summed E-state index contributed by atoms with van der Waals surface area (Å²) in [7, 11) is 0. The predicted octanol–water partition coefficient (Wildman–Crippen LogP) is 4.79. The Hall–Kier alpha value is -1.94. The maximum atomic E-state index is 12.2. The van der Waals surface area contributed by atoms with Crippen LogP contribution in [0, 0.1) is 6.92 Å². The van der Waals surface area contributed by atoms with Crippen molar-refractivity contribution in [3.05, 3.63) is 59.7 Å². The molecule has 0 aliphatic carbocycles. The molecule has 0 spiro atoms. The molecular formula is C21H27NO2S. The van der Waals surface area contributed by atoms with Crippen molar-refractivity contribution in [3.63, 3.8) is 0 Å². The first-order chi connectivity index (χ1) is 12.0. The summed E-state index contributed by atoms with van der Waals surface area (Å²) in [6.07, 6.45) is 0. The molecule has 2 aromatic carbocycles. The number of nitrogens with one attached hydrogen (secondary N) is 1. The number of rotatable bonds is 8. The molecule has 0 radical (unpaired) electrons. The summed E-state index contributed by atoms with van der Waals surface area (Å²) in [6, 6.07) is 16.3. The second kappa shape index (κ2) is 9.52. The van der Waals surface area contributed by atoms with E-state index in [1.165, 1.54) is 11.1 Å². The summed E-state index contributed by atoms with van der Waals surface area (Å²) in [5.41, 5.74) is 2.41. The highest BCUT2D eigenvalue weighted by Crippen LogP contribution is 2.26. The fourth-order valence-corrected chi connectivity index (χ4v) is 3.33. The molecule has 2 rings (SSSR count). The third-order valence-electron chi connectivity index (χ3n) is 3.90. The van der Waals surface area contributed by atoms with E-state index < -0.39 is 0 Å². The van der Waals surface area contributed by atoms with Crippen LogP contribution in [-0.2, 0) is 4.79 Å². The lowest BCUT2D eigenvalue weighted by Gasteiger charge is -2.15. The molecule has 0 bridgehead atoms. The van der Waals surface area contributed by atoms with Gasteiger partial charge in [0.25, 0.3) is 0 Å². The second-order valence-corrected chi connectivity index (χ2v) is 7.82. The highest BCUT2D eigenvalue weighted by atomic mass is 32.2. The standard InChI is InChI=1S/C21H27NO2S/c1-15(2)19-7-5-6-8-20(19)24-14-13-22-21(23)17(4)25-18-11-9-16(3)10-12-18/h5-12,15,17H,13-14H2,1-4H3,(H,22,23). The zero-order chi connectivity index (χ0) is 18.2. The minimum absolute atomic E-state index is 0.0336. The first-order valence-electron chi connectivity index (χ1n) is 8.70. The molecular weight excluding hydrogens is 330 g/mol. The highest BCUT2D eigenvalue weighted by Gasteiger charge is 2.14. The smallest absolute Gasteiger partial charge is 0.233 e. The zero-order valence-corrected chi connectivity index (χ0v) is 16.2. The first kappa shape index (κ1) is 19.4. The van der Waals surface area contributed by atoms with Crippen molar-refractivity contribution in [2.45, 2.75) is 43.8 Å². The number of benzene rings is 2. The van der Waals surface area contributed by atoms with Crippen LogP contribution in [0.15, 0.2) is 53.4 Å². The van der Waals surface area contributed by atoms with E-state index in [0.717, 1.165) is 10.6 Å². The van der Waals surface area contributed by atoms with Crippen LogP contribution >= 0.6 is 11.8 Å². The van der Waals surface area contributed by atoms with E-state index in [9.17, 15) is 4.79 Å². The quantitative estimate of drug-likeness (QED) is 0.545. The van der Waals surface area contributed by atoms with E-state index in [4.69, 9.17) is 4.74 Å². The number of aryl methyl sites for hydroxylation is 1. The Kier molecular flexibility index (Phi) is 7.38. The second-order valence-electron chi connectivity index (χ2n) is 6.41. The molecule has 0 saturated heterocycles. The van der Waals surface area contributed by atoms with Gasteiger partial charge in [0.1, 0.15) is 12.4 Å². The molecule has 0 aromatic heterocycles. The van der Waals surface area contributed by atoms with E-state index >= 15 is 0 Å². The van der Waals surface area contributed by atoms with Crippen molar-refractivity contribution in [1.82, 2.24) is 5.32 Å². The van der Waals surface area contributed by atoms with Crippen LogP contribution in [0.3, 0.4) is 0 Å². The topological polar surface area (TPSA) is 38.3 Å². The summed E-state index contributed by atoms with van der Waals surface area (Å²) in [4.78, 5) is 13.3. The number of hydrogen-bond donors (Lipinski definition) is 1. The van der Waals surface area contributed by atoms with Crippen LogP contribution < -0.4 is 10.1 Å². The van der Waals surface area contributed by atoms with Crippen LogP contribution in [0.2, 0.25) is 0 Å². The Bertz CT molecular complexity index is 683. The third kappa shape index (κ3) is 6.13. The molecule has 2 aromatic rings. The van der Waals surface area contributed by atoms with Gasteiger partial charge in [-0.1, -0.05) is 49.7 Å². The van der Waals surface area contributed by atoms with Crippen molar-refractivity contribution in [3.8, 4) is 5.75 Å². The van der Waals surface area contributed by atoms with Crippen LogP contribution in [-0.4, -0.2) is 24.3 Å². The molecule has 1 N–H and O–H groups in total. The molecule has 1 atom stereocenters. The van der Waals surface area contributed by atoms with Gasteiger partial charge < -0.3 is 10.1 Å². The molecule has 0 heterocycles. The Labute approximate surface area is 155 Å². The van der Waals surface area contributed by atoms with Gasteiger partial charge in [0.2, 0.25) is 5.91 Å². The molecule has 0 fully saturated rings. The molecule has 4 heteroatoms. The lowest BCUT2D eigenvalue weighted by Crippen LogP contribution is -2.34. The Morgan fingerprint density at radius 2 is 1.76 bits per heavy atom.